The first kappa shape index (κ1) is 12.6. The average molecular weight is 284 g/mol. The van der Waals surface area contributed by atoms with Crippen molar-refractivity contribution in [1.29, 1.82) is 0 Å². The fourth-order valence-corrected chi connectivity index (χ4v) is 3.26. The first-order valence-corrected chi connectivity index (χ1v) is 8.11. The highest BCUT2D eigenvalue weighted by Crippen LogP contribution is 2.30. The molecule has 1 aromatic rings. The van der Waals surface area contributed by atoms with Crippen molar-refractivity contribution in [3.05, 3.63) is 28.8 Å². The third-order valence-electron chi connectivity index (χ3n) is 3.54. The van der Waals surface area contributed by atoms with Crippen LogP contribution in [0.5, 0.6) is 5.75 Å². The van der Waals surface area contributed by atoms with Crippen LogP contribution in [0, 0.1) is 0 Å². The van der Waals surface area contributed by atoms with Crippen molar-refractivity contribution in [3.8, 4) is 5.75 Å². The van der Waals surface area contributed by atoms with Crippen molar-refractivity contribution < 1.29 is 4.74 Å². The first-order valence-electron chi connectivity index (χ1n) is 6.57. The summed E-state index contributed by atoms with van der Waals surface area (Å²) in [5, 5.41) is 4.26. The molecular weight excluding hydrogens is 266 g/mol. The van der Waals surface area contributed by atoms with Gasteiger partial charge in [0.05, 0.1) is 5.02 Å². The Morgan fingerprint density at radius 3 is 2.89 bits per heavy atom. The molecule has 0 spiro atoms. The van der Waals surface area contributed by atoms with Crippen LogP contribution in [0.1, 0.15) is 18.4 Å². The third-order valence-corrected chi connectivity index (χ3v) is 5.05. The molecule has 0 radical (unpaired) electrons. The second-order valence-electron chi connectivity index (χ2n) is 5.04. The Morgan fingerprint density at radius 2 is 2.28 bits per heavy atom. The van der Waals surface area contributed by atoms with E-state index in [0.29, 0.717) is 12.1 Å². The number of hydrogen-bond acceptors (Lipinski definition) is 3. The van der Waals surface area contributed by atoms with Gasteiger partial charge in [0, 0.05) is 17.5 Å². The summed E-state index contributed by atoms with van der Waals surface area (Å²) >= 11 is 8.21. The summed E-state index contributed by atoms with van der Waals surface area (Å²) in [5.41, 5.74) is 1.30. The molecule has 0 amide bonds. The number of thioether (sulfide) groups is 1. The molecule has 2 nitrogen and oxygen atoms in total. The molecule has 0 aromatic heterocycles. The average Bonchev–Trinajstić information content (AvgIpc) is 2.78. The van der Waals surface area contributed by atoms with Gasteiger partial charge in [-0.3, -0.25) is 0 Å². The van der Waals surface area contributed by atoms with Crippen LogP contribution in [0.4, 0.5) is 0 Å². The molecular formula is C14H18ClNOS. The van der Waals surface area contributed by atoms with E-state index in [1.807, 2.05) is 17.8 Å². The molecule has 2 aliphatic rings. The highest BCUT2D eigenvalue weighted by molar-refractivity contribution is 8.00. The van der Waals surface area contributed by atoms with Crippen molar-refractivity contribution in [1.82, 2.24) is 5.32 Å². The Kier molecular flexibility index (Phi) is 4.02. The molecule has 1 N–H and O–H groups in total. The fourth-order valence-electron chi connectivity index (χ4n) is 2.44. The standard InChI is InChI=1S/C14H18ClNOS/c15-13-7-10(6-11-2-1-5-16-11)3-4-14(13)17-12-8-18-9-12/h3-4,7,11-12,16H,1-2,5-6,8-9H2. The van der Waals surface area contributed by atoms with Crippen LogP contribution in [0.25, 0.3) is 0 Å². The molecule has 98 valence electrons. The number of ether oxygens (including phenoxy) is 1. The second-order valence-corrected chi connectivity index (χ2v) is 6.52. The summed E-state index contributed by atoms with van der Waals surface area (Å²) in [6, 6.07) is 6.85. The van der Waals surface area contributed by atoms with E-state index in [-0.39, 0.29) is 0 Å². The van der Waals surface area contributed by atoms with Crippen LogP contribution in [-0.2, 0) is 6.42 Å². The minimum absolute atomic E-state index is 0.356. The maximum atomic E-state index is 6.29. The van der Waals surface area contributed by atoms with Gasteiger partial charge in [-0.05, 0) is 43.5 Å². The van der Waals surface area contributed by atoms with Gasteiger partial charge in [-0.2, -0.15) is 11.8 Å². The lowest BCUT2D eigenvalue weighted by atomic mass is 10.0. The summed E-state index contributed by atoms with van der Waals surface area (Å²) in [6.45, 7) is 1.15. The molecule has 18 heavy (non-hydrogen) atoms. The van der Waals surface area contributed by atoms with Crippen LogP contribution in [0.2, 0.25) is 5.02 Å². The summed E-state index contributed by atoms with van der Waals surface area (Å²) in [5.74, 6) is 3.01. The van der Waals surface area contributed by atoms with Crippen molar-refractivity contribution >= 4 is 23.4 Å². The van der Waals surface area contributed by atoms with Crippen molar-refractivity contribution in [2.75, 3.05) is 18.1 Å². The maximum Gasteiger partial charge on any atom is 0.138 e. The summed E-state index contributed by atoms with van der Waals surface area (Å²) in [6.07, 6.45) is 3.99. The van der Waals surface area contributed by atoms with Gasteiger partial charge in [0.2, 0.25) is 0 Å². The van der Waals surface area contributed by atoms with E-state index in [2.05, 4.69) is 17.4 Å². The molecule has 4 heteroatoms. The van der Waals surface area contributed by atoms with E-state index >= 15 is 0 Å². The van der Waals surface area contributed by atoms with Gasteiger partial charge in [0.25, 0.3) is 0 Å². The summed E-state index contributed by atoms with van der Waals surface area (Å²) in [4.78, 5) is 0. The van der Waals surface area contributed by atoms with Gasteiger partial charge >= 0.3 is 0 Å². The monoisotopic (exact) mass is 283 g/mol. The Labute approximate surface area is 117 Å². The highest BCUT2D eigenvalue weighted by atomic mass is 35.5. The Bertz CT molecular complexity index is 416. The molecule has 0 bridgehead atoms. The van der Waals surface area contributed by atoms with E-state index < -0.39 is 0 Å². The van der Waals surface area contributed by atoms with Gasteiger partial charge in [0.15, 0.2) is 0 Å². The van der Waals surface area contributed by atoms with E-state index in [9.17, 15) is 0 Å². The van der Waals surface area contributed by atoms with E-state index in [1.165, 1.54) is 18.4 Å². The van der Waals surface area contributed by atoms with Crippen molar-refractivity contribution in [3.63, 3.8) is 0 Å². The minimum atomic E-state index is 0.356. The van der Waals surface area contributed by atoms with Crippen LogP contribution >= 0.6 is 23.4 Å². The van der Waals surface area contributed by atoms with Gasteiger partial charge in [-0.15, -0.1) is 0 Å². The van der Waals surface area contributed by atoms with Crippen LogP contribution in [0.15, 0.2) is 18.2 Å². The Morgan fingerprint density at radius 1 is 1.39 bits per heavy atom. The van der Waals surface area contributed by atoms with Crippen molar-refractivity contribution in [2.24, 2.45) is 0 Å². The molecule has 0 aliphatic carbocycles. The molecule has 1 unspecified atom stereocenters. The largest absolute Gasteiger partial charge is 0.487 e. The summed E-state index contributed by atoms with van der Waals surface area (Å²) < 4.78 is 5.84. The molecule has 2 fully saturated rings. The highest BCUT2D eigenvalue weighted by Gasteiger charge is 2.21. The molecule has 2 saturated heterocycles. The van der Waals surface area contributed by atoms with Gasteiger partial charge in [-0.25, -0.2) is 0 Å². The molecule has 2 aliphatic heterocycles. The Hall–Kier alpha value is -0.380. The normalized spacial score (nSPS) is 23.9. The number of rotatable bonds is 4. The van der Waals surface area contributed by atoms with Gasteiger partial charge in [-0.1, -0.05) is 17.7 Å². The van der Waals surface area contributed by atoms with E-state index in [1.54, 1.807) is 0 Å². The predicted molar refractivity (Wildman–Crippen MR) is 77.9 cm³/mol. The lowest BCUT2D eigenvalue weighted by Crippen LogP contribution is -2.31. The van der Waals surface area contributed by atoms with Crippen LogP contribution < -0.4 is 10.1 Å². The van der Waals surface area contributed by atoms with Crippen molar-refractivity contribution in [2.45, 2.75) is 31.4 Å². The molecule has 1 atom stereocenters. The smallest absolute Gasteiger partial charge is 0.138 e. The SMILES string of the molecule is Clc1cc(CC2CCCN2)ccc1OC1CSC1. The molecule has 1 aromatic carbocycles. The maximum absolute atomic E-state index is 6.29. The van der Waals surface area contributed by atoms with Gasteiger partial charge in [0.1, 0.15) is 11.9 Å². The second kappa shape index (κ2) is 5.72. The van der Waals surface area contributed by atoms with Crippen LogP contribution in [0.3, 0.4) is 0 Å². The molecule has 3 rings (SSSR count). The zero-order valence-electron chi connectivity index (χ0n) is 10.3. The predicted octanol–water partition coefficient (Wildman–Crippen LogP) is 3.13. The van der Waals surface area contributed by atoms with Gasteiger partial charge < -0.3 is 10.1 Å². The Balaban J connectivity index is 1.63. The molecule has 2 heterocycles. The number of halogens is 1. The zero-order chi connectivity index (χ0) is 12.4. The number of benzene rings is 1. The lowest BCUT2D eigenvalue weighted by molar-refractivity contribution is 0.240. The minimum Gasteiger partial charge on any atom is -0.487 e. The fraction of sp³-hybridized carbons (Fsp3) is 0.571. The van der Waals surface area contributed by atoms with E-state index in [0.717, 1.165) is 35.2 Å². The number of nitrogens with one attached hydrogen (secondary N) is 1. The third kappa shape index (κ3) is 2.95. The van der Waals surface area contributed by atoms with Crippen LogP contribution in [-0.4, -0.2) is 30.2 Å². The summed E-state index contributed by atoms with van der Waals surface area (Å²) in [7, 11) is 0. The zero-order valence-corrected chi connectivity index (χ0v) is 11.9. The lowest BCUT2D eigenvalue weighted by Gasteiger charge is -2.26. The number of hydrogen-bond donors (Lipinski definition) is 1. The quantitative estimate of drug-likeness (QED) is 0.917. The molecule has 0 saturated carbocycles. The topological polar surface area (TPSA) is 21.3 Å². The first-order chi connectivity index (χ1) is 8.81. The van der Waals surface area contributed by atoms with E-state index in [4.69, 9.17) is 16.3 Å².